The van der Waals surface area contributed by atoms with Gasteiger partial charge in [0, 0.05) is 5.56 Å². The predicted octanol–water partition coefficient (Wildman–Crippen LogP) is 5.40. The van der Waals surface area contributed by atoms with E-state index in [0.29, 0.717) is 26.4 Å². The highest BCUT2D eigenvalue weighted by Gasteiger charge is 2.36. The number of thiazole rings is 1. The number of carbonyl (C=O) groups is 1. The topological polar surface area (TPSA) is 79.1 Å². The van der Waals surface area contributed by atoms with Gasteiger partial charge in [0.15, 0.2) is 4.80 Å². The Morgan fingerprint density at radius 3 is 2.49 bits per heavy atom. The van der Waals surface area contributed by atoms with Crippen LogP contribution in [0, 0.1) is 6.92 Å². The standard InChI is InChI=1S/C33H34N2O5S/c1-8-40-32(37)28-20(5)34-33-35(30(28)29-23-12-10-9-11-21(23)13-14-25(29)38-6)31(36)27(41-33)17-22-16-24(18(2)3)26(39-7)15-19(22)4/h9-18,30H,8H2,1-7H3/b27-17+/t30-/m1/s1. The minimum Gasteiger partial charge on any atom is -0.496 e. The van der Waals surface area contributed by atoms with E-state index in [1.165, 1.54) is 11.3 Å². The minimum atomic E-state index is -0.781. The molecule has 0 saturated carbocycles. The molecule has 0 aliphatic carbocycles. The Morgan fingerprint density at radius 2 is 1.80 bits per heavy atom. The summed E-state index contributed by atoms with van der Waals surface area (Å²) in [6.07, 6.45) is 1.91. The number of carbonyl (C=O) groups excluding carboxylic acids is 1. The number of nitrogens with zero attached hydrogens (tertiary/aromatic N) is 2. The van der Waals surface area contributed by atoms with Crippen molar-refractivity contribution in [1.82, 2.24) is 4.57 Å². The molecule has 1 aliphatic heterocycles. The van der Waals surface area contributed by atoms with Crippen LogP contribution in [-0.2, 0) is 9.53 Å². The van der Waals surface area contributed by atoms with Gasteiger partial charge in [-0.05, 0) is 78.4 Å². The SMILES string of the molecule is CCOC(=O)C1=C(C)N=c2s/c(=C/c3cc(C(C)C)c(OC)cc3C)c(=O)n2[C@H]1c1c(OC)ccc2ccccc12. The van der Waals surface area contributed by atoms with Crippen molar-refractivity contribution >= 4 is 34.2 Å². The smallest absolute Gasteiger partial charge is 0.338 e. The van der Waals surface area contributed by atoms with Crippen molar-refractivity contribution < 1.29 is 19.0 Å². The number of aromatic nitrogens is 1. The molecule has 0 amide bonds. The molecule has 0 radical (unpaired) electrons. The Kier molecular flexibility index (Phi) is 7.87. The fraction of sp³-hybridized carbons (Fsp3) is 0.303. The lowest BCUT2D eigenvalue weighted by molar-refractivity contribution is -0.139. The fourth-order valence-corrected chi connectivity index (χ4v) is 6.48. The van der Waals surface area contributed by atoms with Crippen molar-refractivity contribution in [3.05, 3.63) is 102 Å². The molecule has 0 bridgehead atoms. The molecule has 5 rings (SSSR count). The molecule has 2 heterocycles. The summed E-state index contributed by atoms with van der Waals surface area (Å²) in [5.74, 6) is 1.14. The molecule has 1 aromatic heterocycles. The van der Waals surface area contributed by atoms with Crippen molar-refractivity contribution in [1.29, 1.82) is 0 Å². The minimum absolute atomic E-state index is 0.203. The number of hydrogen-bond donors (Lipinski definition) is 0. The maximum atomic E-state index is 14.3. The van der Waals surface area contributed by atoms with Crippen molar-refractivity contribution in [3.8, 4) is 11.5 Å². The molecule has 0 fully saturated rings. The molecule has 1 aliphatic rings. The van der Waals surface area contributed by atoms with Gasteiger partial charge in [-0.25, -0.2) is 9.79 Å². The monoisotopic (exact) mass is 570 g/mol. The number of allylic oxidation sites excluding steroid dienone is 1. The van der Waals surface area contributed by atoms with Crippen LogP contribution in [0.5, 0.6) is 11.5 Å². The van der Waals surface area contributed by atoms with Gasteiger partial charge in [0.1, 0.15) is 17.5 Å². The molecule has 8 heteroatoms. The summed E-state index contributed by atoms with van der Waals surface area (Å²) in [5, 5.41) is 1.86. The maximum absolute atomic E-state index is 14.3. The number of aryl methyl sites for hydroxylation is 1. The molecular weight excluding hydrogens is 536 g/mol. The van der Waals surface area contributed by atoms with Gasteiger partial charge in [0.2, 0.25) is 0 Å². The normalized spacial score (nSPS) is 15.2. The molecule has 4 aromatic rings. The average Bonchev–Trinajstić information content (AvgIpc) is 3.26. The first-order valence-corrected chi connectivity index (χ1v) is 14.5. The number of benzene rings is 3. The third-order valence-corrected chi connectivity index (χ3v) is 8.45. The Bertz CT molecular complexity index is 1880. The van der Waals surface area contributed by atoms with Gasteiger partial charge in [-0.15, -0.1) is 0 Å². The van der Waals surface area contributed by atoms with Crippen LogP contribution in [0.4, 0.5) is 0 Å². The van der Waals surface area contributed by atoms with Crippen LogP contribution in [0.2, 0.25) is 0 Å². The first-order chi connectivity index (χ1) is 19.7. The van der Waals surface area contributed by atoms with Crippen LogP contribution in [0.3, 0.4) is 0 Å². The average molecular weight is 571 g/mol. The van der Waals surface area contributed by atoms with E-state index in [4.69, 9.17) is 19.2 Å². The van der Waals surface area contributed by atoms with E-state index >= 15 is 0 Å². The zero-order valence-electron chi connectivity index (χ0n) is 24.4. The Morgan fingerprint density at radius 1 is 1.07 bits per heavy atom. The Labute approximate surface area is 243 Å². The second-order valence-corrected chi connectivity index (χ2v) is 11.3. The third-order valence-electron chi connectivity index (χ3n) is 7.47. The molecule has 0 saturated heterocycles. The molecule has 0 N–H and O–H groups in total. The van der Waals surface area contributed by atoms with E-state index in [9.17, 15) is 9.59 Å². The van der Waals surface area contributed by atoms with Crippen LogP contribution >= 0.6 is 11.3 Å². The first-order valence-electron chi connectivity index (χ1n) is 13.6. The van der Waals surface area contributed by atoms with Crippen molar-refractivity contribution in [2.75, 3.05) is 20.8 Å². The van der Waals surface area contributed by atoms with E-state index in [0.717, 1.165) is 38.8 Å². The van der Waals surface area contributed by atoms with Gasteiger partial charge in [0.25, 0.3) is 5.56 Å². The van der Waals surface area contributed by atoms with E-state index < -0.39 is 12.0 Å². The summed E-state index contributed by atoms with van der Waals surface area (Å²) < 4.78 is 19.1. The van der Waals surface area contributed by atoms with E-state index in [1.54, 1.807) is 32.6 Å². The van der Waals surface area contributed by atoms with Crippen molar-refractivity contribution in [2.45, 2.75) is 46.6 Å². The lowest BCUT2D eigenvalue weighted by Crippen LogP contribution is -2.40. The lowest BCUT2D eigenvalue weighted by atomic mass is 9.90. The van der Waals surface area contributed by atoms with Gasteiger partial charge >= 0.3 is 5.97 Å². The molecular formula is C33H34N2O5S. The molecule has 7 nitrogen and oxygen atoms in total. The highest BCUT2D eigenvalue weighted by Crippen LogP contribution is 2.40. The summed E-state index contributed by atoms with van der Waals surface area (Å²) >= 11 is 1.31. The van der Waals surface area contributed by atoms with E-state index in [2.05, 4.69) is 19.9 Å². The van der Waals surface area contributed by atoms with Crippen LogP contribution < -0.4 is 24.4 Å². The third kappa shape index (κ3) is 4.97. The van der Waals surface area contributed by atoms with Gasteiger partial charge in [0.05, 0.1) is 36.6 Å². The van der Waals surface area contributed by atoms with Gasteiger partial charge < -0.3 is 14.2 Å². The van der Waals surface area contributed by atoms with Crippen molar-refractivity contribution in [2.24, 2.45) is 4.99 Å². The molecule has 0 spiro atoms. The van der Waals surface area contributed by atoms with Gasteiger partial charge in [-0.2, -0.15) is 0 Å². The molecule has 212 valence electrons. The Balaban J connectivity index is 1.83. The number of esters is 1. The summed E-state index contributed by atoms with van der Waals surface area (Å²) in [5.41, 5.74) is 4.31. The number of fused-ring (bicyclic) bond motifs is 2. The summed E-state index contributed by atoms with van der Waals surface area (Å²) in [6, 6.07) is 15.0. The predicted molar refractivity (Wildman–Crippen MR) is 163 cm³/mol. The highest BCUT2D eigenvalue weighted by atomic mass is 32.1. The maximum Gasteiger partial charge on any atom is 0.338 e. The summed E-state index contributed by atoms with van der Waals surface area (Å²) in [6.45, 7) is 9.98. The lowest BCUT2D eigenvalue weighted by Gasteiger charge is -2.27. The number of hydrogen-bond acceptors (Lipinski definition) is 7. The molecule has 1 atom stereocenters. The summed E-state index contributed by atoms with van der Waals surface area (Å²) in [7, 11) is 3.26. The number of ether oxygens (including phenoxy) is 3. The quantitative estimate of drug-likeness (QED) is 0.278. The van der Waals surface area contributed by atoms with Crippen LogP contribution in [0.15, 0.2) is 69.6 Å². The molecule has 3 aromatic carbocycles. The second-order valence-electron chi connectivity index (χ2n) is 10.3. The van der Waals surface area contributed by atoms with Crippen molar-refractivity contribution in [3.63, 3.8) is 0 Å². The number of rotatable bonds is 7. The largest absolute Gasteiger partial charge is 0.496 e. The fourth-order valence-electron chi connectivity index (χ4n) is 5.44. The van der Waals surface area contributed by atoms with E-state index in [1.807, 2.05) is 55.5 Å². The second kappa shape index (κ2) is 11.4. The van der Waals surface area contributed by atoms with Crippen LogP contribution in [-0.4, -0.2) is 31.4 Å². The van der Waals surface area contributed by atoms with Crippen LogP contribution in [0.25, 0.3) is 16.8 Å². The first kappa shape index (κ1) is 28.4. The molecule has 0 unspecified atom stereocenters. The van der Waals surface area contributed by atoms with Gasteiger partial charge in [-0.3, -0.25) is 9.36 Å². The van der Waals surface area contributed by atoms with E-state index in [-0.39, 0.29) is 18.1 Å². The Hall–Kier alpha value is -4.17. The highest BCUT2D eigenvalue weighted by molar-refractivity contribution is 7.07. The van der Waals surface area contributed by atoms with Gasteiger partial charge in [-0.1, -0.05) is 55.5 Å². The van der Waals surface area contributed by atoms with Crippen LogP contribution in [0.1, 0.15) is 61.9 Å². The number of methoxy groups -OCH3 is 2. The molecule has 41 heavy (non-hydrogen) atoms. The summed E-state index contributed by atoms with van der Waals surface area (Å²) in [4.78, 5) is 33.0. The zero-order chi connectivity index (χ0) is 29.4. The zero-order valence-corrected chi connectivity index (χ0v) is 25.2.